The Morgan fingerprint density at radius 3 is 2.65 bits per heavy atom. The van der Waals surface area contributed by atoms with Crippen molar-refractivity contribution in [2.75, 3.05) is 46.2 Å². The molecule has 0 radical (unpaired) electrons. The van der Waals surface area contributed by atoms with Gasteiger partial charge in [0.2, 0.25) is 11.8 Å². The molecule has 8 nitrogen and oxygen atoms in total. The number of nitrogens with zero attached hydrogens (tertiary/aromatic N) is 4. The summed E-state index contributed by atoms with van der Waals surface area (Å²) in [6, 6.07) is 9.61. The van der Waals surface area contributed by atoms with Crippen LogP contribution in [0.3, 0.4) is 0 Å². The van der Waals surface area contributed by atoms with Gasteiger partial charge in [-0.25, -0.2) is 0 Å². The van der Waals surface area contributed by atoms with E-state index >= 15 is 0 Å². The summed E-state index contributed by atoms with van der Waals surface area (Å²) in [6.45, 7) is 4.21. The van der Waals surface area contributed by atoms with Gasteiger partial charge in [0.1, 0.15) is 0 Å². The molecule has 164 valence electrons. The quantitative estimate of drug-likeness (QED) is 0.474. The van der Waals surface area contributed by atoms with Crippen molar-refractivity contribution in [1.29, 1.82) is 0 Å². The first-order valence-electron chi connectivity index (χ1n) is 9.87. The van der Waals surface area contributed by atoms with Crippen LogP contribution in [0.4, 0.5) is 0 Å². The lowest BCUT2D eigenvalue weighted by molar-refractivity contribution is -0.130. The first kappa shape index (κ1) is 21.7. The van der Waals surface area contributed by atoms with Gasteiger partial charge in [0.15, 0.2) is 11.5 Å². The molecule has 0 spiro atoms. The van der Waals surface area contributed by atoms with E-state index in [0.717, 1.165) is 38.3 Å². The predicted octanol–water partition coefficient (Wildman–Crippen LogP) is 3.25. The molecule has 0 aliphatic carbocycles. The van der Waals surface area contributed by atoms with Crippen molar-refractivity contribution in [1.82, 2.24) is 20.0 Å². The monoisotopic (exact) mass is 460 g/mol. The Morgan fingerprint density at radius 2 is 1.94 bits per heavy atom. The van der Waals surface area contributed by atoms with Crippen LogP contribution in [-0.2, 0) is 11.3 Å². The molecule has 31 heavy (non-hydrogen) atoms. The lowest BCUT2D eigenvalue weighted by Gasteiger charge is -2.34. The summed E-state index contributed by atoms with van der Waals surface area (Å²) in [4.78, 5) is 18.2. The van der Waals surface area contributed by atoms with E-state index in [4.69, 9.17) is 13.9 Å². The third kappa shape index (κ3) is 5.38. The Balaban J connectivity index is 1.27. The molecule has 3 aromatic rings. The minimum atomic E-state index is 0.0895. The summed E-state index contributed by atoms with van der Waals surface area (Å²) < 4.78 is 16.3. The zero-order valence-corrected chi connectivity index (χ0v) is 19.1. The van der Waals surface area contributed by atoms with Crippen LogP contribution in [0.2, 0.25) is 0 Å². The minimum Gasteiger partial charge on any atom is -0.493 e. The van der Waals surface area contributed by atoms with Crippen LogP contribution in [0.25, 0.3) is 11.5 Å². The van der Waals surface area contributed by atoms with Crippen molar-refractivity contribution >= 4 is 29.0 Å². The molecule has 1 fully saturated rings. The number of hydrogen-bond donors (Lipinski definition) is 0. The number of thiophene rings is 1. The molecule has 2 aromatic heterocycles. The number of methoxy groups -OCH3 is 2. The third-order valence-corrected chi connectivity index (χ3v) is 6.70. The largest absolute Gasteiger partial charge is 0.493 e. The number of aromatic nitrogens is 2. The number of hydrogen-bond acceptors (Lipinski definition) is 9. The highest BCUT2D eigenvalue weighted by atomic mass is 32.2. The van der Waals surface area contributed by atoms with Crippen LogP contribution in [0.5, 0.6) is 11.5 Å². The highest BCUT2D eigenvalue weighted by molar-refractivity contribution is 7.99. The van der Waals surface area contributed by atoms with Gasteiger partial charge in [0.25, 0.3) is 5.22 Å². The van der Waals surface area contributed by atoms with Crippen molar-refractivity contribution in [2.24, 2.45) is 0 Å². The molecule has 1 amide bonds. The number of carbonyl (C=O) groups is 1. The number of amides is 1. The van der Waals surface area contributed by atoms with E-state index in [1.54, 1.807) is 37.7 Å². The SMILES string of the molecule is COc1ccc(-c2nnc(SCC(=O)N3CCN(Cc4cccs4)CC3)o2)cc1OC. The third-order valence-electron chi connectivity index (χ3n) is 5.04. The van der Waals surface area contributed by atoms with Gasteiger partial charge >= 0.3 is 0 Å². The van der Waals surface area contributed by atoms with Gasteiger partial charge in [0.05, 0.1) is 20.0 Å². The summed E-state index contributed by atoms with van der Waals surface area (Å²) in [5.74, 6) is 1.95. The van der Waals surface area contributed by atoms with Crippen LogP contribution in [-0.4, -0.2) is 72.1 Å². The number of thioether (sulfide) groups is 1. The maximum absolute atomic E-state index is 12.6. The van der Waals surface area contributed by atoms with E-state index in [9.17, 15) is 4.79 Å². The van der Waals surface area contributed by atoms with Gasteiger partial charge in [-0.2, -0.15) is 0 Å². The first-order chi connectivity index (χ1) is 15.2. The van der Waals surface area contributed by atoms with E-state index in [2.05, 4.69) is 32.6 Å². The average molecular weight is 461 g/mol. The van der Waals surface area contributed by atoms with Crippen molar-refractivity contribution in [3.63, 3.8) is 0 Å². The fourth-order valence-corrected chi connectivity index (χ4v) is 4.76. The zero-order valence-electron chi connectivity index (χ0n) is 17.4. The van der Waals surface area contributed by atoms with E-state index in [0.29, 0.717) is 22.6 Å². The molecule has 1 saturated heterocycles. The van der Waals surface area contributed by atoms with E-state index < -0.39 is 0 Å². The summed E-state index contributed by atoms with van der Waals surface area (Å²) in [5.41, 5.74) is 0.727. The highest BCUT2D eigenvalue weighted by Crippen LogP contribution is 2.32. The molecule has 0 unspecified atom stereocenters. The molecule has 0 saturated carbocycles. The van der Waals surface area contributed by atoms with Crippen molar-refractivity contribution in [2.45, 2.75) is 11.8 Å². The first-order valence-corrected chi connectivity index (χ1v) is 11.7. The summed E-state index contributed by atoms with van der Waals surface area (Å²) in [6.07, 6.45) is 0. The topological polar surface area (TPSA) is 80.9 Å². The van der Waals surface area contributed by atoms with Gasteiger partial charge in [-0.3, -0.25) is 9.69 Å². The second-order valence-corrected chi connectivity index (χ2v) is 8.93. The summed E-state index contributed by atoms with van der Waals surface area (Å²) >= 11 is 3.03. The Hall–Kier alpha value is -2.56. The fourth-order valence-electron chi connectivity index (χ4n) is 3.35. The molecule has 3 heterocycles. The lowest BCUT2D eigenvalue weighted by atomic mass is 10.2. The average Bonchev–Trinajstić information content (AvgIpc) is 3.50. The van der Waals surface area contributed by atoms with Gasteiger partial charge in [0, 0.05) is 43.2 Å². The van der Waals surface area contributed by atoms with Crippen LogP contribution in [0.1, 0.15) is 4.88 Å². The Labute approximate surface area is 189 Å². The standard InChI is InChI=1S/C21H24N4O4S2/c1-27-17-6-5-15(12-18(17)28-2)20-22-23-21(29-20)31-14-19(26)25-9-7-24(8-10-25)13-16-4-3-11-30-16/h3-6,11-12H,7-10,13-14H2,1-2H3. The number of rotatable bonds is 8. The van der Waals surface area contributed by atoms with E-state index in [-0.39, 0.29) is 11.7 Å². The zero-order chi connectivity index (χ0) is 21.6. The van der Waals surface area contributed by atoms with Gasteiger partial charge in [-0.05, 0) is 29.6 Å². The number of piperazine rings is 1. The van der Waals surface area contributed by atoms with Gasteiger partial charge in [-0.15, -0.1) is 21.5 Å². The molecule has 0 N–H and O–H groups in total. The Bertz CT molecular complexity index is 1000. The maximum Gasteiger partial charge on any atom is 0.277 e. The number of benzene rings is 1. The second kappa shape index (κ2) is 10.2. The van der Waals surface area contributed by atoms with E-state index in [1.165, 1.54) is 16.6 Å². The number of carbonyl (C=O) groups excluding carboxylic acids is 1. The van der Waals surface area contributed by atoms with Gasteiger partial charge < -0.3 is 18.8 Å². The maximum atomic E-state index is 12.6. The number of ether oxygens (including phenoxy) is 2. The molecule has 10 heteroatoms. The minimum absolute atomic E-state index is 0.0895. The molecule has 0 bridgehead atoms. The van der Waals surface area contributed by atoms with Crippen LogP contribution in [0, 0.1) is 0 Å². The van der Waals surface area contributed by atoms with Crippen molar-refractivity contribution < 1.29 is 18.7 Å². The van der Waals surface area contributed by atoms with Crippen molar-refractivity contribution in [3.05, 3.63) is 40.6 Å². The van der Waals surface area contributed by atoms with Crippen molar-refractivity contribution in [3.8, 4) is 23.0 Å². The van der Waals surface area contributed by atoms with Crippen LogP contribution >= 0.6 is 23.1 Å². The van der Waals surface area contributed by atoms with E-state index in [1.807, 2.05) is 11.0 Å². The lowest BCUT2D eigenvalue weighted by Crippen LogP contribution is -2.48. The molecule has 1 aliphatic heterocycles. The summed E-state index contributed by atoms with van der Waals surface area (Å²) in [7, 11) is 3.16. The molecular formula is C21H24N4O4S2. The predicted molar refractivity (Wildman–Crippen MR) is 120 cm³/mol. The van der Waals surface area contributed by atoms with Crippen LogP contribution < -0.4 is 9.47 Å². The fraction of sp³-hybridized carbons (Fsp3) is 0.381. The molecule has 4 rings (SSSR count). The van der Waals surface area contributed by atoms with Crippen LogP contribution in [0.15, 0.2) is 45.4 Å². The Kier molecular flexibility index (Phi) is 7.10. The highest BCUT2D eigenvalue weighted by Gasteiger charge is 2.22. The smallest absolute Gasteiger partial charge is 0.277 e. The Morgan fingerprint density at radius 1 is 1.13 bits per heavy atom. The molecule has 1 aliphatic rings. The normalized spacial score (nSPS) is 14.6. The summed E-state index contributed by atoms with van der Waals surface area (Å²) in [5, 5.41) is 10.6. The molecule has 1 aromatic carbocycles. The molecular weight excluding hydrogens is 436 g/mol. The molecule has 0 atom stereocenters. The van der Waals surface area contributed by atoms with Gasteiger partial charge in [-0.1, -0.05) is 17.8 Å². The second-order valence-electron chi connectivity index (χ2n) is 6.97.